The first-order valence-electron chi connectivity index (χ1n) is 11.8. The molecule has 0 saturated carbocycles. The summed E-state index contributed by atoms with van der Waals surface area (Å²) in [6, 6.07) is 24.1. The molecule has 184 valence electrons. The van der Waals surface area contributed by atoms with Crippen molar-refractivity contribution in [2.45, 2.75) is 50.2 Å². The topological polar surface area (TPSA) is 55.4 Å². The van der Waals surface area contributed by atoms with Crippen molar-refractivity contribution in [3.63, 3.8) is 0 Å². The summed E-state index contributed by atoms with van der Waals surface area (Å²) in [4.78, 5) is 1.12. The Hall–Kier alpha value is -2.36. The minimum Gasteiger partial charge on any atom is -0.368 e. The van der Waals surface area contributed by atoms with E-state index in [1.807, 2.05) is 78.2 Å². The molecule has 3 aromatic rings. The fraction of sp³-hybridized carbons (Fsp3) is 0.357. The number of rotatable bonds is 10. The first-order chi connectivity index (χ1) is 17.3. The van der Waals surface area contributed by atoms with Gasteiger partial charge in [0.1, 0.15) is 24.4 Å². The van der Waals surface area contributed by atoms with Crippen molar-refractivity contribution in [3.05, 3.63) is 107 Å². The Kier molecular flexibility index (Phi) is 8.38. The van der Waals surface area contributed by atoms with Gasteiger partial charge in [-0.2, -0.15) is 0 Å². The molecule has 0 aliphatic carbocycles. The zero-order valence-corrected chi connectivity index (χ0v) is 20.3. The second-order valence-corrected chi connectivity index (χ2v) is 9.49. The largest absolute Gasteiger partial charge is 0.368 e. The fourth-order valence-electron chi connectivity index (χ4n) is 4.33. The quantitative estimate of drug-likeness (QED) is 0.359. The molecular weight excluding hydrogens is 464 g/mol. The first-order valence-corrected chi connectivity index (χ1v) is 12.7. The third-order valence-electron chi connectivity index (χ3n) is 6.02. The number of ether oxygens (including phenoxy) is 6. The van der Waals surface area contributed by atoms with E-state index in [4.69, 9.17) is 28.4 Å². The summed E-state index contributed by atoms with van der Waals surface area (Å²) in [6.07, 6.45) is -1.13. The second kappa shape index (κ2) is 12.1. The lowest BCUT2D eigenvalue weighted by Crippen LogP contribution is -2.63. The van der Waals surface area contributed by atoms with Crippen molar-refractivity contribution in [2.24, 2.45) is 0 Å². The maximum Gasteiger partial charge on any atom is 0.187 e. The molecule has 2 aliphatic rings. The smallest absolute Gasteiger partial charge is 0.187 e. The molecular formula is C28H30O6S. The molecule has 7 heteroatoms. The van der Waals surface area contributed by atoms with E-state index in [1.54, 1.807) is 17.4 Å². The summed E-state index contributed by atoms with van der Waals surface area (Å²) in [5, 5.41) is 2.03. The Bertz CT molecular complexity index is 1030. The van der Waals surface area contributed by atoms with Crippen LogP contribution in [-0.4, -0.2) is 43.9 Å². The van der Waals surface area contributed by atoms with Gasteiger partial charge in [-0.25, -0.2) is 0 Å². The summed E-state index contributed by atoms with van der Waals surface area (Å²) in [6.45, 7) is 5.32. The standard InChI is InChI=1S/C28H30O6S/c1-2-15-29-28-26(31-18-22-14-9-16-35-22)25(30-17-20-10-5-3-6-11-20)24-23(33-28)19-32-27(34-24)21-12-7-4-8-13-21/h2-14,16,23-28H,1,15,17-19H2/t23-,24-,25+,26-,27?,28?/m1/s1. The predicted molar refractivity (Wildman–Crippen MR) is 133 cm³/mol. The molecule has 5 rings (SSSR count). The Morgan fingerprint density at radius 1 is 0.857 bits per heavy atom. The second-order valence-electron chi connectivity index (χ2n) is 8.46. The average molecular weight is 495 g/mol. The molecule has 2 aromatic carbocycles. The van der Waals surface area contributed by atoms with Crippen molar-refractivity contribution in [3.8, 4) is 0 Å². The molecule has 6 nitrogen and oxygen atoms in total. The molecule has 2 fully saturated rings. The molecule has 6 atom stereocenters. The lowest BCUT2D eigenvalue weighted by molar-refractivity contribution is -0.371. The van der Waals surface area contributed by atoms with E-state index < -0.39 is 30.9 Å². The van der Waals surface area contributed by atoms with Gasteiger partial charge < -0.3 is 28.4 Å². The lowest BCUT2D eigenvalue weighted by Gasteiger charge is -2.48. The molecule has 35 heavy (non-hydrogen) atoms. The molecule has 0 bridgehead atoms. The van der Waals surface area contributed by atoms with Crippen LogP contribution in [0.5, 0.6) is 0 Å². The predicted octanol–water partition coefficient (Wildman–Crippen LogP) is 5.26. The van der Waals surface area contributed by atoms with E-state index in [0.29, 0.717) is 26.4 Å². The molecule has 2 aliphatic heterocycles. The number of benzene rings is 2. The highest BCUT2D eigenvalue weighted by molar-refractivity contribution is 7.09. The molecule has 2 unspecified atom stereocenters. The van der Waals surface area contributed by atoms with Crippen LogP contribution in [-0.2, 0) is 41.6 Å². The molecule has 3 heterocycles. The highest BCUT2D eigenvalue weighted by Gasteiger charge is 2.51. The molecule has 0 N–H and O–H groups in total. The van der Waals surface area contributed by atoms with Crippen LogP contribution >= 0.6 is 11.3 Å². The van der Waals surface area contributed by atoms with Gasteiger partial charge in [0.15, 0.2) is 12.6 Å². The van der Waals surface area contributed by atoms with Crippen LogP contribution in [0.1, 0.15) is 22.3 Å². The average Bonchev–Trinajstić information content (AvgIpc) is 3.44. The number of hydrogen-bond acceptors (Lipinski definition) is 7. The number of hydrogen-bond donors (Lipinski definition) is 0. The van der Waals surface area contributed by atoms with Crippen LogP contribution in [0.4, 0.5) is 0 Å². The summed E-state index contributed by atoms with van der Waals surface area (Å²) in [5.74, 6) is 0. The van der Waals surface area contributed by atoms with Gasteiger partial charge in [0, 0.05) is 10.4 Å². The van der Waals surface area contributed by atoms with Crippen LogP contribution in [0.3, 0.4) is 0 Å². The van der Waals surface area contributed by atoms with Crippen molar-refractivity contribution in [2.75, 3.05) is 13.2 Å². The van der Waals surface area contributed by atoms with Crippen molar-refractivity contribution in [1.82, 2.24) is 0 Å². The van der Waals surface area contributed by atoms with Gasteiger partial charge in [-0.3, -0.25) is 0 Å². The zero-order valence-electron chi connectivity index (χ0n) is 19.4. The summed E-state index contributed by atoms with van der Waals surface area (Å²) in [5.41, 5.74) is 2.02. The monoisotopic (exact) mass is 494 g/mol. The van der Waals surface area contributed by atoms with E-state index >= 15 is 0 Å². The van der Waals surface area contributed by atoms with Crippen LogP contribution in [0.25, 0.3) is 0 Å². The van der Waals surface area contributed by atoms with Crippen molar-refractivity contribution < 1.29 is 28.4 Å². The minimum absolute atomic E-state index is 0.334. The van der Waals surface area contributed by atoms with Gasteiger partial charge in [-0.05, 0) is 17.0 Å². The normalized spacial score (nSPS) is 28.3. The van der Waals surface area contributed by atoms with Gasteiger partial charge in [0.05, 0.1) is 26.4 Å². The molecule has 0 radical (unpaired) electrons. The number of thiophene rings is 1. The Morgan fingerprint density at radius 3 is 2.37 bits per heavy atom. The van der Waals surface area contributed by atoms with E-state index in [1.165, 1.54) is 0 Å². The van der Waals surface area contributed by atoms with Gasteiger partial charge in [-0.1, -0.05) is 72.8 Å². The SMILES string of the molecule is C=CCOC1O[C@@H]2COC(c3ccccc3)O[C@H]2[C@H](OCc2ccccc2)[C@H]1OCc1cccs1. The molecule has 2 saturated heterocycles. The minimum atomic E-state index is -0.643. The van der Waals surface area contributed by atoms with Crippen LogP contribution in [0.15, 0.2) is 90.8 Å². The zero-order chi connectivity index (χ0) is 23.9. The lowest BCUT2D eigenvalue weighted by atomic mass is 9.97. The van der Waals surface area contributed by atoms with E-state index in [-0.39, 0.29) is 6.10 Å². The van der Waals surface area contributed by atoms with E-state index in [9.17, 15) is 0 Å². The molecule has 1 aromatic heterocycles. The summed E-state index contributed by atoms with van der Waals surface area (Å²) < 4.78 is 37.8. The maximum atomic E-state index is 6.53. The van der Waals surface area contributed by atoms with Crippen LogP contribution in [0, 0.1) is 0 Å². The maximum absolute atomic E-state index is 6.53. The Balaban J connectivity index is 1.40. The van der Waals surface area contributed by atoms with E-state index in [2.05, 4.69) is 6.58 Å². The third kappa shape index (κ3) is 6.08. The van der Waals surface area contributed by atoms with Gasteiger partial charge in [0.2, 0.25) is 0 Å². The fourth-order valence-corrected chi connectivity index (χ4v) is 4.95. The summed E-state index contributed by atoms with van der Waals surface area (Å²) in [7, 11) is 0. The summed E-state index contributed by atoms with van der Waals surface area (Å²) >= 11 is 1.65. The highest BCUT2D eigenvalue weighted by Crippen LogP contribution is 2.37. The van der Waals surface area contributed by atoms with Gasteiger partial charge in [0.25, 0.3) is 0 Å². The molecule has 0 amide bonds. The Labute approximate surface area is 210 Å². The first kappa shape index (κ1) is 24.3. The number of fused-ring (bicyclic) bond motifs is 1. The van der Waals surface area contributed by atoms with Gasteiger partial charge >= 0.3 is 0 Å². The van der Waals surface area contributed by atoms with Crippen molar-refractivity contribution >= 4 is 11.3 Å². The highest BCUT2D eigenvalue weighted by atomic mass is 32.1. The van der Waals surface area contributed by atoms with E-state index in [0.717, 1.165) is 16.0 Å². The Morgan fingerprint density at radius 2 is 1.63 bits per heavy atom. The third-order valence-corrected chi connectivity index (χ3v) is 6.87. The van der Waals surface area contributed by atoms with Crippen LogP contribution < -0.4 is 0 Å². The van der Waals surface area contributed by atoms with Crippen molar-refractivity contribution in [1.29, 1.82) is 0 Å². The molecule has 0 spiro atoms. The van der Waals surface area contributed by atoms with Gasteiger partial charge in [-0.15, -0.1) is 17.9 Å². The van der Waals surface area contributed by atoms with Crippen LogP contribution in [0.2, 0.25) is 0 Å².